The third-order valence-electron chi connectivity index (χ3n) is 3.99. The molecule has 23 heavy (non-hydrogen) atoms. The van der Waals surface area contributed by atoms with Gasteiger partial charge in [0.15, 0.2) is 12.4 Å². The van der Waals surface area contributed by atoms with Gasteiger partial charge in [0.05, 0.1) is 0 Å². The summed E-state index contributed by atoms with van der Waals surface area (Å²) in [4.78, 5) is 16.2. The van der Waals surface area contributed by atoms with Crippen molar-refractivity contribution in [2.75, 3.05) is 18.4 Å². The van der Waals surface area contributed by atoms with Crippen LogP contribution in [-0.4, -0.2) is 29.1 Å². The fourth-order valence-electron chi connectivity index (χ4n) is 2.31. The van der Waals surface area contributed by atoms with Crippen LogP contribution in [0.1, 0.15) is 18.6 Å². The predicted octanol–water partition coefficient (Wildman–Crippen LogP) is 1.75. The lowest BCUT2D eigenvalue weighted by molar-refractivity contribution is -0.121. The maximum atomic E-state index is 12.1. The van der Waals surface area contributed by atoms with E-state index in [0.29, 0.717) is 23.4 Å². The lowest BCUT2D eigenvalue weighted by Gasteiger charge is -2.31. The van der Waals surface area contributed by atoms with E-state index in [1.165, 1.54) is 0 Å². The van der Waals surface area contributed by atoms with E-state index >= 15 is 0 Å². The Kier molecular flexibility index (Phi) is 4.57. The maximum absolute atomic E-state index is 12.1. The molecule has 0 radical (unpaired) electrons. The highest BCUT2D eigenvalue weighted by Crippen LogP contribution is 2.20. The summed E-state index contributed by atoms with van der Waals surface area (Å²) in [7, 11) is 0. The molecule has 2 aromatic rings. The normalized spacial score (nSPS) is 15.7. The van der Waals surface area contributed by atoms with Crippen LogP contribution >= 0.6 is 0 Å². The Labute approximate surface area is 134 Å². The van der Waals surface area contributed by atoms with Crippen molar-refractivity contribution in [1.82, 2.24) is 15.5 Å². The molecule has 1 aliphatic heterocycles. The second kappa shape index (κ2) is 6.78. The minimum absolute atomic E-state index is 0.00735. The van der Waals surface area contributed by atoms with Crippen molar-refractivity contribution in [2.45, 2.75) is 20.5 Å². The number of benzene rings is 1. The first-order chi connectivity index (χ1) is 11.1. The molecule has 1 amide bonds. The summed E-state index contributed by atoms with van der Waals surface area (Å²) < 4.78 is 10.5. The molecule has 3 rings (SSSR count). The average Bonchev–Trinajstić information content (AvgIpc) is 2.90. The van der Waals surface area contributed by atoms with Gasteiger partial charge in [-0.3, -0.25) is 4.79 Å². The van der Waals surface area contributed by atoms with Crippen LogP contribution in [0, 0.1) is 18.8 Å². The average molecular weight is 316 g/mol. The molecule has 0 saturated carbocycles. The van der Waals surface area contributed by atoms with Gasteiger partial charge in [-0.2, -0.15) is 4.98 Å². The van der Waals surface area contributed by atoms with Gasteiger partial charge in [-0.15, -0.1) is 0 Å². The molecule has 1 fully saturated rings. The van der Waals surface area contributed by atoms with Gasteiger partial charge >= 0.3 is 0 Å². The number of aryl methyl sites for hydroxylation is 1. The number of rotatable bonds is 6. The Bertz CT molecular complexity index is 664. The Hall–Kier alpha value is -2.41. The fourth-order valence-corrected chi connectivity index (χ4v) is 2.31. The first kappa shape index (κ1) is 15.5. The largest absolute Gasteiger partial charge is 0.484 e. The minimum atomic E-state index is 0.00735. The summed E-state index contributed by atoms with van der Waals surface area (Å²) in [5.74, 6) is 2.17. The second-order valence-electron chi connectivity index (χ2n) is 5.74. The number of amides is 1. The molecule has 0 bridgehead atoms. The highest BCUT2D eigenvalue weighted by molar-refractivity contribution is 5.92. The molecule has 0 spiro atoms. The number of hydrogen-bond acceptors (Lipinski definition) is 6. The number of nitrogens with zero attached hydrogens (tertiary/aromatic N) is 2. The summed E-state index contributed by atoms with van der Waals surface area (Å²) in [6.45, 7) is 5.77. The molecule has 7 nitrogen and oxygen atoms in total. The number of nitrogens with one attached hydrogen (secondary N) is 2. The highest BCUT2D eigenvalue weighted by Gasteiger charge is 2.28. The van der Waals surface area contributed by atoms with Crippen LogP contribution in [-0.2, 0) is 11.4 Å². The predicted molar refractivity (Wildman–Crippen MR) is 84.0 cm³/mol. The molecule has 1 aliphatic rings. The molecular weight excluding hydrogens is 296 g/mol. The Balaban J connectivity index is 1.51. The number of ether oxygens (including phenoxy) is 1. The van der Waals surface area contributed by atoms with Crippen molar-refractivity contribution < 1.29 is 14.1 Å². The van der Waals surface area contributed by atoms with Crippen LogP contribution in [0.3, 0.4) is 0 Å². The third-order valence-corrected chi connectivity index (χ3v) is 3.99. The molecule has 0 aliphatic carbocycles. The SMILES string of the molecule is Cc1noc(COc2ccc(NC(=O)C(C)C3CNC3)cc2)n1. The van der Waals surface area contributed by atoms with Gasteiger partial charge in [0.1, 0.15) is 5.75 Å². The zero-order valence-corrected chi connectivity index (χ0v) is 13.2. The van der Waals surface area contributed by atoms with Crippen LogP contribution in [0.25, 0.3) is 0 Å². The lowest BCUT2D eigenvalue weighted by Crippen LogP contribution is -2.48. The number of hydrogen-bond donors (Lipinski definition) is 2. The number of carbonyl (C=O) groups excluding carboxylic acids is 1. The van der Waals surface area contributed by atoms with E-state index in [2.05, 4.69) is 20.8 Å². The zero-order valence-electron chi connectivity index (χ0n) is 13.2. The maximum Gasteiger partial charge on any atom is 0.264 e. The van der Waals surface area contributed by atoms with Gasteiger partial charge in [0.2, 0.25) is 5.91 Å². The standard InChI is InChI=1S/C16H20N4O3/c1-10(12-7-17-8-12)16(21)19-13-3-5-14(6-4-13)22-9-15-18-11(2)20-23-15/h3-6,10,12,17H,7-9H2,1-2H3,(H,19,21). The molecule has 7 heteroatoms. The van der Waals surface area contributed by atoms with E-state index in [4.69, 9.17) is 9.26 Å². The summed E-state index contributed by atoms with van der Waals surface area (Å²) in [6, 6.07) is 7.24. The Morgan fingerprint density at radius 1 is 1.43 bits per heavy atom. The molecule has 2 heterocycles. The summed E-state index contributed by atoms with van der Waals surface area (Å²) in [5, 5.41) is 9.82. The number of carbonyl (C=O) groups is 1. The smallest absolute Gasteiger partial charge is 0.264 e. The van der Waals surface area contributed by atoms with Crippen LogP contribution in [0.2, 0.25) is 0 Å². The topological polar surface area (TPSA) is 89.3 Å². The van der Waals surface area contributed by atoms with E-state index in [1.54, 1.807) is 19.1 Å². The van der Waals surface area contributed by atoms with Gasteiger partial charge in [-0.25, -0.2) is 0 Å². The van der Waals surface area contributed by atoms with Crippen molar-refractivity contribution in [3.05, 3.63) is 36.0 Å². The zero-order chi connectivity index (χ0) is 16.2. The molecule has 1 aromatic heterocycles. The first-order valence-corrected chi connectivity index (χ1v) is 7.65. The van der Waals surface area contributed by atoms with Crippen LogP contribution in [0.4, 0.5) is 5.69 Å². The summed E-state index contributed by atoms with van der Waals surface area (Å²) in [6.07, 6.45) is 0. The first-order valence-electron chi connectivity index (χ1n) is 7.65. The van der Waals surface area contributed by atoms with E-state index in [1.807, 2.05) is 19.1 Å². The Morgan fingerprint density at radius 2 is 2.17 bits per heavy atom. The van der Waals surface area contributed by atoms with Gasteiger partial charge in [0.25, 0.3) is 5.89 Å². The number of anilines is 1. The molecule has 1 unspecified atom stereocenters. The highest BCUT2D eigenvalue weighted by atomic mass is 16.5. The van der Waals surface area contributed by atoms with Crippen LogP contribution < -0.4 is 15.4 Å². The lowest BCUT2D eigenvalue weighted by atomic mass is 9.88. The van der Waals surface area contributed by atoms with Gasteiger partial charge < -0.3 is 19.9 Å². The molecule has 122 valence electrons. The summed E-state index contributed by atoms with van der Waals surface area (Å²) in [5.41, 5.74) is 0.759. The van der Waals surface area contributed by atoms with Gasteiger partial charge in [-0.05, 0) is 50.2 Å². The second-order valence-corrected chi connectivity index (χ2v) is 5.74. The van der Waals surface area contributed by atoms with Gasteiger partial charge in [-0.1, -0.05) is 12.1 Å². The monoisotopic (exact) mass is 316 g/mol. The quantitative estimate of drug-likeness (QED) is 0.844. The van der Waals surface area contributed by atoms with Gasteiger partial charge in [0, 0.05) is 11.6 Å². The molecule has 1 saturated heterocycles. The van der Waals surface area contributed by atoms with Crippen molar-refractivity contribution in [2.24, 2.45) is 11.8 Å². The molecule has 2 N–H and O–H groups in total. The van der Waals surface area contributed by atoms with E-state index in [9.17, 15) is 4.79 Å². The third kappa shape index (κ3) is 3.87. The molecule has 1 aromatic carbocycles. The van der Waals surface area contributed by atoms with Crippen molar-refractivity contribution in [3.8, 4) is 5.75 Å². The van der Waals surface area contributed by atoms with E-state index in [0.717, 1.165) is 18.8 Å². The van der Waals surface area contributed by atoms with Crippen LogP contribution in [0.15, 0.2) is 28.8 Å². The molecule has 1 atom stereocenters. The fraction of sp³-hybridized carbons (Fsp3) is 0.438. The number of aromatic nitrogens is 2. The molecular formula is C16H20N4O3. The van der Waals surface area contributed by atoms with Crippen molar-refractivity contribution >= 4 is 11.6 Å². The summed E-state index contributed by atoms with van der Waals surface area (Å²) >= 11 is 0. The minimum Gasteiger partial charge on any atom is -0.484 e. The van der Waals surface area contributed by atoms with Crippen molar-refractivity contribution in [1.29, 1.82) is 0 Å². The van der Waals surface area contributed by atoms with E-state index in [-0.39, 0.29) is 18.4 Å². The Morgan fingerprint density at radius 3 is 2.74 bits per heavy atom. The van der Waals surface area contributed by atoms with Crippen LogP contribution in [0.5, 0.6) is 5.75 Å². The van der Waals surface area contributed by atoms with Crippen molar-refractivity contribution in [3.63, 3.8) is 0 Å². The van der Waals surface area contributed by atoms with E-state index < -0.39 is 0 Å².